The van der Waals surface area contributed by atoms with Crippen LogP contribution in [0, 0.1) is 0 Å². The highest BCUT2D eigenvalue weighted by Crippen LogP contribution is 2.37. The Morgan fingerprint density at radius 3 is 2.62 bits per heavy atom. The van der Waals surface area contributed by atoms with E-state index in [0.717, 1.165) is 24.8 Å². The van der Waals surface area contributed by atoms with Gasteiger partial charge in [0, 0.05) is 18.9 Å². The molecule has 7 nitrogen and oxygen atoms in total. The summed E-state index contributed by atoms with van der Waals surface area (Å²) in [5, 5.41) is 8.39. The van der Waals surface area contributed by atoms with E-state index in [-0.39, 0.29) is 24.8 Å². The Balaban J connectivity index is 1.53. The number of rotatable bonds is 5. The fraction of sp³-hybridized carbons (Fsp3) is 0.640. The number of nitrogens with zero attached hydrogens (tertiary/aromatic N) is 1. The van der Waals surface area contributed by atoms with Gasteiger partial charge in [-0.3, -0.25) is 14.4 Å². The van der Waals surface area contributed by atoms with Gasteiger partial charge >= 0.3 is 0 Å². The molecule has 0 aromatic heterocycles. The van der Waals surface area contributed by atoms with Crippen molar-refractivity contribution in [2.45, 2.75) is 94.4 Å². The molecule has 2 aliphatic heterocycles. The number of hydrogen-bond acceptors (Lipinski definition) is 4. The standard InChI is InChI=1S/C25H34F2N4O3/c1-15(28-2)22(32)30-20-14-25(26,27)13-12-17-10-11-21(31(17)24(20)34)23(33)29-19-9-5-7-16-6-3-4-8-18(16)19/h3-4,6,8,15,17,19-21,28H,5,7,9-14H2,1-2H3,(H,29,33)(H,30,32)/t15-,17+,19+,20-,21-/m0/s1. The number of hydrogen-bond donors (Lipinski definition) is 3. The summed E-state index contributed by atoms with van der Waals surface area (Å²) < 4.78 is 29.1. The molecule has 2 heterocycles. The summed E-state index contributed by atoms with van der Waals surface area (Å²) >= 11 is 0. The Morgan fingerprint density at radius 2 is 1.85 bits per heavy atom. The number of fused-ring (bicyclic) bond motifs is 2. The monoisotopic (exact) mass is 476 g/mol. The molecule has 5 atom stereocenters. The van der Waals surface area contributed by atoms with Gasteiger partial charge < -0.3 is 20.9 Å². The molecule has 2 fully saturated rings. The van der Waals surface area contributed by atoms with Gasteiger partial charge in [0.15, 0.2) is 0 Å². The first-order valence-electron chi connectivity index (χ1n) is 12.3. The van der Waals surface area contributed by atoms with Crippen LogP contribution in [0.25, 0.3) is 0 Å². The van der Waals surface area contributed by atoms with Crippen LogP contribution in [-0.2, 0) is 20.8 Å². The van der Waals surface area contributed by atoms with Gasteiger partial charge in [-0.1, -0.05) is 24.3 Å². The highest BCUT2D eigenvalue weighted by molar-refractivity contribution is 5.94. The van der Waals surface area contributed by atoms with Gasteiger partial charge in [-0.05, 0) is 63.6 Å². The first-order chi connectivity index (χ1) is 16.2. The lowest BCUT2D eigenvalue weighted by atomic mass is 9.87. The Morgan fingerprint density at radius 1 is 1.09 bits per heavy atom. The van der Waals surface area contributed by atoms with Crippen LogP contribution in [0.15, 0.2) is 24.3 Å². The summed E-state index contributed by atoms with van der Waals surface area (Å²) in [4.78, 5) is 40.8. The van der Waals surface area contributed by atoms with Crippen LogP contribution >= 0.6 is 0 Å². The van der Waals surface area contributed by atoms with E-state index in [2.05, 4.69) is 22.0 Å². The zero-order valence-electron chi connectivity index (χ0n) is 19.8. The van der Waals surface area contributed by atoms with Gasteiger partial charge in [0.1, 0.15) is 12.1 Å². The minimum Gasteiger partial charge on any atom is -0.347 e. The highest BCUT2D eigenvalue weighted by atomic mass is 19.3. The highest BCUT2D eigenvalue weighted by Gasteiger charge is 2.49. The van der Waals surface area contributed by atoms with Crippen LogP contribution in [0.3, 0.4) is 0 Å². The van der Waals surface area contributed by atoms with Gasteiger partial charge in [0.25, 0.3) is 5.92 Å². The lowest BCUT2D eigenvalue weighted by Gasteiger charge is -2.38. The fourth-order valence-electron chi connectivity index (χ4n) is 5.52. The van der Waals surface area contributed by atoms with Crippen LogP contribution < -0.4 is 16.0 Å². The normalized spacial score (nSPS) is 29.3. The first-order valence-corrected chi connectivity index (χ1v) is 12.3. The number of aryl methyl sites for hydroxylation is 1. The Hall–Kier alpha value is -2.55. The summed E-state index contributed by atoms with van der Waals surface area (Å²) in [7, 11) is 1.58. The predicted molar refractivity (Wildman–Crippen MR) is 123 cm³/mol. The summed E-state index contributed by atoms with van der Waals surface area (Å²) in [6.45, 7) is 1.60. The Labute approximate surface area is 199 Å². The van der Waals surface area contributed by atoms with Gasteiger partial charge in [-0.2, -0.15) is 0 Å². The summed E-state index contributed by atoms with van der Waals surface area (Å²) in [5.41, 5.74) is 2.32. The molecule has 3 aliphatic rings. The predicted octanol–water partition coefficient (Wildman–Crippen LogP) is 2.45. The molecular weight excluding hydrogens is 442 g/mol. The van der Waals surface area contributed by atoms with Crippen LogP contribution in [0.4, 0.5) is 8.78 Å². The van der Waals surface area contributed by atoms with E-state index in [0.29, 0.717) is 12.8 Å². The van der Waals surface area contributed by atoms with Crippen molar-refractivity contribution in [1.82, 2.24) is 20.9 Å². The van der Waals surface area contributed by atoms with Crippen molar-refractivity contribution in [2.75, 3.05) is 7.05 Å². The molecule has 0 saturated carbocycles. The van der Waals surface area contributed by atoms with Crippen LogP contribution in [0.5, 0.6) is 0 Å². The number of nitrogens with one attached hydrogen (secondary N) is 3. The van der Waals surface area contributed by atoms with Crippen molar-refractivity contribution < 1.29 is 23.2 Å². The second-order valence-electron chi connectivity index (χ2n) is 9.81. The molecular formula is C25H34F2N4O3. The zero-order valence-corrected chi connectivity index (χ0v) is 19.8. The van der Waals surface area contributed by atoms with E-state index in [1.54, 1.807) is 14.0 Å². The third-order valence-corrected chi connectivity index (χ3v) is 7.53. The third-order valence-electron chi connectivity index (χ3n) is 7.53. The van der Waals surface area contributed by atoms with E-state index < -0.39 is 48.3 Å². The average Bonchev–Trinajstić information content (AvgIpc) is 3.24. The number of amides is 3. The molecule has 0 radical (unpaired) electrons. The van der Waals surface area contributed by atoms with Crippen LogP contribution in [0.1, 0.15) is 69.0 Å². The maximum atomic E-state index is 14.5. The molecule has 1 aromatic carbocycles. The van der Waals surface area contributed by atoms with Gasteiger partial charge in [0.05, 0.1) is 12.1 Å². The zero-order chi connectivity index (χ0) is 24.5. The Kier molecular flexibility index (Phi) is 7.21. The minimum atomic E-state index is -3.06. The van der Waals surface area contributed by atoms with Crippen LogP contribution in [0.2, 0.25) is 0 Å². The summed E-state index contributed by atoms with van der Waals surface area (Å²) in [6, 6.07) is 4.75. The van der Waals surface area contributed by atoms with Crippen molar-refractivity contribution in [3.8, 4) is 0 Å². The molecule has 4 rings (SSSR count). The van der Waals surface area contributed by atoms with Crippen molar-refractivity contribution in [2.24, 2.45) is 0 Å². The molecule has 0 unspecified atom stereocenters. The number of alkyl halides is 2. The second-order valence-corrected chi connectivity index (χ2v) is 9.81. The largest absolute Gasteiger partial charge is 0.347 e. The molecule has 186 valence electrons. The second kappa shape index (κ2) is 9.98. The molecule has 1 aliphatic carbocycles. The van der Waals surface area contributed by atoms with E-state index in [1.807, 2.05) is 18.2 Å². The topological polar surface area (TPSA) is 90.5 Å². The van der Waals surface area contributed by atoms with Gasteiger partial charge in [-0.15, -0.1) is 0 Å². The lowest BCUT2D eigenvalue weighted by molar-refractivity contribution is -0.149. The molecule has 0 spiro atoms. The molecule has 3 amide bonds. The number of carbonyl (C=O) groups excluding carboxylic acids is 3. The summed E-state index contributed by atoms with van der Waals surface area (Å²) in [5.74, 6) is -4.43. The first kappa shape index (κ1) is 24.6. The van der Waals surface area contributed by atoms with Gasteiger partial charge in [-0.25, -0.2) is 8.78 Å². The number of halogens is 2. The van der Waals surface area contributed by atoms with Crippen molar-refractivity contribution in [3.63, 3.8) is 0 Å². The fourth-order valence-corrected chi connectivity index (χ4v) is 5.52. The maximum absolute atomic E-state index is 14.5. The molecule has 1 aromatic rings. The van der Waals surface area contributed by atoms with Crippen molar-refractivity contribution in [1.29, 1.82) is 0 Å². The van der Waals surface area contributed by atoms with E-state index in [1.165, 1.54) is 10.5 Å². The minimum absolute atomic E-state index is 0.127. The van der Waals surface area contributed by atoms with E-state index in [4.69, 9.17) is 0 Å². The number of likely N-dealkylation sites (N-methyl/N-ethyl adjacent to an activating group) is 1. The SMILES string of the molecule is CN[C@@H](C)C(=O)N[C@H]1CC(F)(F)CC[C@H]2CC[C@@H](C(=O)N[C@@H]3CCCc4ccccc43)N2C1=O. The smallest absolute Gasteiger partial charge is 0.250 e. The van der Waals surface area contributed by atoms with Gasteiger partial charge in [0.2, 0.25) is 17.7 Å². The molecule has 3 N–H and O–H groups in total. The lowest BCUT2D eigenvalue weighted by Crippen LogP contribution is -2.59. The van der Waals surface area contributed by atoms with Crippen molar-refractivity contribution >= 4 is 17.7 Å². The van der Waals surface area contributed by atoms with Crippen molar-refractivity contribution in [3.05, 3.63) is 35.4 Å². The van der Waals surface area contributed by atoms with E-state index >= 15 is 0 Å². The quantitative estimate of drug-likeness (QED) is 0.609. The summed E-state index contributed by atoms with van der Waals surface area (Å²) in [6.07, 6.45) is 2.68. The molecule has 0 bridgehead atoms. The number of carbonyl (C=O) groups is 3. The maximum Gasteiger partial charge on any atom is 0.250 e. The average molecular weight is 477 g/mol. The third kappa shape index (κ3) is 5.09. The number of benzene rings is 1. The van der Waals surface area contributed by atoms with E-state index in [9.17, 15) is 23.2 Å². The molecule has 2 saturated heterocycles. The molecule has 34 heavy (non-hydrogen) atoms. The molecule has 9 heteroatoms. The Bertz CT molecular complexity index is 940. The van der Waals surface area contributed by atoms with Crippen LogP contribution in [-0.4, -0.2) is 59.8 Å².